The average Bonchev–Trinajstić information content (AvgIpc) is 2.27. The van der Waals surface area contributed by atoms with Gasteiger partial charge in [-0.1, -0.05) is 39.0 Å². The van der Waals surface area contributed by atoms with Gasteiger partial charge in [-0.3, -0.25) is 0 Å². The van der Waals surface area contributed by atoms with Crippen LogP contribution < -0.4 is 5.32 Å². The van der Waals surface area contributed by atoms with E-state index < -0.39 is 11.7 Å². The molecule has 1 nitrogen and oxygen atoms in total. The first-order chi connectivity index (χ1) is 8.30. The molecule has 18 heavy (non-hydrogen) atoms. The van der Waals surface area contributed by atoms with Gasteiger partial charge in [-0.2, -0.15) is 13.2 Å². The maximum atomic E-state index is 12.6. The van der Waals surface area contributed by atoms with E-state index in [1.54, 1.807) is 6.07 Å². The molecule has 1 rings (SSSR count). The number of benzene rings is 1. The van der Waals surface area contributed by atoms with Crippen LogP contribution >= 0.6 is 0 Å². The number of hydrogen-bond acceptors (Lipinski definition) is 1. The van der Waals surface area contributed by atoms with E-state index in [9.17, 15) is 13.2 Å². The first-order valence-corrected chi connectivity index (χ1v) is 6.21. The van der Waals surface area contributed by atoms with E-state index >= 15 is 0 Å². The molecule has 1 atom stereocenters. The first-order valence-electron chi connectivity index (χ1n) is 6.21. The third-order valence-corrected chi connectivity index (χ3v) is 2.91. The molecular weight excluding hydrogens is 239 g/mol. The van der Waals surface area contributed by atoms with Gasteiger partial charge in [0.05, 0.1) is 5.56 Å². The highest BCUT2D eigenvalue weighted by Gasteiger charge is 2.30. The fraction of sp³-hybridized carbons (Fsp3) is 0.571. The number of alkyl halides is 3. The monoisotopic (exact) mass is 259 g/mol. The topological polar surface area (TPSA) is 12.0 Å². The standard InChI is InChI=1S/C14H20F3N/c1-10(2)18-8-7-11(3)12-5-4-6-13(9-12)14(15,16)17/h4-6,9-11,18H,7-8H2,1-3H3. The van der Waals surface area contributed by atoms with Gasteiger partial charge in [0.1, 0.15) is 0 Å². The molecular formula is C14H20F3N. The largest absolute Gasteiger partial charge is 0.416 e. The predicted molar refractivity (Wildman–Crippen MR) is 67.6 cm³/mol. The quantitative estimate of drug-likeness (QED) is 0.835. The van der Waals surface area contributed by atoms with Gasteiger partial charge < -0.3 is 5.32 Å². The van der Waals surface area contributed by atoms with Gasteiger partial charge in [-0.15, -0.1) is 0 Å². The molecule has 1 aromatic rings. The third kappa shape index (κ3) is 4.69. The molecule has 0 radical (unpaired) electrons. The molecule has 4 heteroatoms. The minimum atomic E-state index is -4.26. The highest BCUT2D eigenvalue weighted by atomic mass is 19.4. The van der Waals surface area contributed by atoms with Crippen molar-refractivity contribution in [3.8, 4) is 0 Å². The number of nitrogens with one attached hydrogen (secondary N) is 1. The van der Waals surface area contributed by atoms with Crippen molar-refractivity contribution in [1.82, 2.24) is 5.32 Å². The van der Waals surface area contributed by atoms with Crippen molar-refractivity contribution < 1.29 is 13.2 Å². The molecule has 0 fully saturated rings. The Hall–Kier alpha value is -1.03. The zero-order chi connectivity index (χ0) is 13.8. The van der Waals surface area contributed by atoms with Gasteiger partial charge in [0, 0.05) is 6.04 Å². The fourth-order valence-electron chi connectivity index (χ4n) is 1.78. The summed E-state index contributed by atoms with van der Waals surface area (Å²) in [5.74, 6) is 0.124. The predicted octanol–water partition coefficient (Wildman–Crippen LogP) is 4.20. The Morgan fingerprint density at radius 1 is 1.17 bits per heavy atom. The van der Waals surface area contributed by atoms with Crippen LogP contribution in [-0.4, -0.2) is 12.6 Å². The number of halogens is 3. The zero-order valence-corrected chi connectivity index (χ0v) is 11.0. The second-order valence-electron chi connectivity index (χ2n) is 4.92. The minimum absolute atomic E-state index is 0.124. The van der Waals surface area contributed by atoms with Crippen LogP contribution in [-0.2, 0) is 6.18 Å². The lowest BCUT2D eigenvalue weighted by molar-refractivity contribution is -0.137. The van der Waals surface area contributed by atoms with Gasteiger partial charge in [0.2, 0.25) is 0 Å². The SMILES string of the molecule is CC(C)NCCC(C)c1cccc(C(F)(F)F)c1. The first kappa shape index (κ1) is 15.0. The summed E-state index contributed by atoms with van der Waals surface area (Å²) in [6.07, 6.45) is -3.43. The Morgan fingerprint density at radius 2 is 1.83 bits per heavy atom. The van der Waals surface area contributed by atoms with Crippen molar-refractivity contribution in [2.45, 2.75) is 45.3 Å². The Labute approximate surface area is 106 Å². The van der Waals surface area contributed by atoms with Gasteiger partial charge in [-0.05, 0) is 30.5 Å². The highest BCUT2D eigenvalue weighted by molar-refractivity contribution is 5.27. The summed E-state index contributed by atoms with van der Waals surface area (Å²) < 4.78 is 37.7. The minimum Gasteiger partial charge on any atom is -0.315 e. The summed E-state index contributed by atoms with van der Waals surface area (Å²) in [6.45, 7) is 6.87. The lowest BCUT2D eigenvalue weighted by Crippen LogP contribution is -2.24. The summed E-state index contributed by atoms with van der Waals surface area (Å²) in [7, 11) is 0. The average molecular weight is 259 g/mol. The summed E-state index contributed by atoms with van der Waals surface area (Å²) in [4.78, 5) is 0. The fourth-order valence-corrected chi connectivity index (χ4v) is 1.78. The Bertz CT molecular complexity index is 372. The van der Waals surface area contributed by atoms with Crippen LogP contribution in [0.5, 0.6) is 0 Å². The highest BCUT2D eigenvalue weighted by Crippen LogP contribution is 2.31. The van der Waals surface area contributed by atoms with E-state index in [-0.39, 0.29) is 5.92 Å². The molecule has 0 saturated heterocycles. The molecule has 0 amide bonds. The lowest BCUT2D eigenvalue weighted by Gasteiger charge is -2.15. The maximum Gasteiger partial charge on any atom is 0.416 e. The van der Waals surface area contributed by atoms with Crippen molar-refractivity contribution >= 4 is 0 Å². The third-order valence-electron chi connectivity index (χ3n) is 2.91. The van der Waals surface area contributed by atoms with Crippen LogP contribution in [0.25, 0.3) is 0 Å². The zero-order valence-electron chi connectivity index (χ0n) is 11.0. The smallest absolute Gasteiger partial charge is 0.315 e. The number of rotatable bonds is 5. The summed E-state index contributed by atoms with van der Waals surface area (Å²) >= 11 is 0. The molecule has 102 valence electrons. The summed E-state index contributed by atoms with van der Waals surface area (Å²) in [6, 6.07) is 6.00. The van der Waals surface area contributed by atoms with Crippen molar-refractivity contribution in [3.05, 3.63) is 35.4 Å². The molecule has 1 unspecified atom stereocenters. The van der Waals surface area contributed by atoms with Gasteiger partial charge >= 0.3 is 6.18 Å². The molecule has 0 aliphatic rings. The van der Waals surface area contributed by atoms with Crippen molar-refractivity contribution in [1.29, 1.82) is 0 Å². The molecule has 0 aliphatic carbocycles. The van der Waals surface area contributed by atoms with Gasteiger partial charge in [0.15, 0.2) is 0 Å². The van der Waals surface area contributed by atoms with Crippen LogP contribution in [0.4, 0.5) is 13.2 Å². The van der Waals surface area contributed by atoms with E-state index in [1.807, 2.05) is 6.92 Å². The summed E-state index contributed by atoms with van der Waals surface area (Å²) in [5, 5.41) is 3.27. The molecule has 1 aromatic carbocycles. The van der Waals surface area contributed by atoms with Crippen LogP contribution in [0, 0.1) is 0 Å². The van der Waals surface area contributed by atoms with E-state index in [0.29, 0.717) is 6.04 Å². The van der Waals surface area contributed by atoms with E-state index in [4.69, 9.17) is 0 Å². The van der Waals surface area contributed by atoms with Crippen LogP contribution in [0.15, 0.2) is 24.3 Å². The Balaban J connectivity index is 2.66. The normalized spacial score (nSPS) is 13.9. The Morgan fingerprint density at radius 3 is 2.39 bits per heavy atom. The van der Waals surface area contributed by atoms with E-state index in [0.717, 1.165) is 24.6 Å². The lowest BCUT2D eigenvalue weighted by atomic mass is 9.96. The molecule has 0 aliphatic heterocycles. The molecule has 0 bridgehead atoms. The molecule has 0 heterocycles. The van der Waals surface area contributed by atoms with E-state index in [2.05, 4.69) is 19.2 Å². The molecule has 1 N–H and O–H groups in total. The van der Waals surface area contributed by atoms with Gasteiger partial charge in [0.25, 0.3) is 0 Å². The second-order valence-corrected chi connectivity index (χ2v) is 4.92. The van der Waals surface area contributed by atoms with Crippen LogP contribution in [0.3, 0.4) is 0 Å². The van der Waals surface area contributed by atoms with Gasteiger partial charge in [-0.25, -0.2) is 0 Å². The molecule has 0 aromatic heterocycles. The van der Waals surface area contributed by atoms with E-state index in [1.165, 1.54) is 12.1 Å². The molecule has 0 saturated carbocycles. The van der Waals surface area contributed by atoms with Crippen molar-refractivity contribution in [2.24, 2.45) is 0 Å². The van der Waals surface area contributed by atoms with Crippen LogP contribution in [0.2, 0.25) is 0 Å². The van der Waals surface area contributed by atoms with Crippen LogP contribution in [0.1, 0.15) is 44.2 Å². The van der Waals surface area contributed by atoms with Crippen molar-refractivity contribution in [3.63, 3.8) is 0 Å². The molecule has 0 spiro atoms. The summed E-state index contributed by atoms with van der Waals surface area (Å²) in [5.41, 5.74) is 0.180. The maximum absolute atomic E-state index is 12.6. The second kappa shape index (κ2) is 6.23. The van der Waals surface area contributed by atoms with Crippen molar-refractivity contribution in [2.75, 3.05) is 6.54 Å². The Kier molecular flexibility index (Phi) is 5.20. The number of hydrogen-bond donors (Lipinski definition) is 1.